The highest BCUT2D eigenvalue weighted by molar-refractivity contribution is 6.04. The van der Waals surface area contributed by atoms with Crippen LogP contribution in [0.4, 0.5) is 17.2 Å². The number of nitrogens with zero attached hydrogens (tertiary/aromatic N) is 2. The van der Waals surface area contributed by atoms with E-state index in [1.165, 1.54) is 5.56 Å². The molecule has 2 aromatic carbocycles. The average Bonchev–Trinajstić information content (AvgIpc) is 2.69. The van der Waals surface area contributed by atoms with Crippen LogP contribution in [0.15, 0.2) is 54.6 Å². The van der Waals surface area contributed by atoms with Crippen molar-refractivity contribution in [1.82, 2.24) is 9.97 Å². The Morgan fingerprint density at radius 3 is 2.45 bits per heavy atom. The molecule has 0 saturated carbocycles. The van der Waals surface area contributed by atoms with Crippen molar-refractivity contribution >= 4 is 23.1 Å². The van der Waals surface area contributed by atoms with Crippen LogP contribution in [-0.4, -0.2) is 22.5 Å². The predicted molar refractivity (Wildman–Crippen MR) is 116 cm³/mol. The van der Waals surface area contributed by atoms with Gasteiger partial charge in [-0.25, -0.2) is 9.97 Å². The first-order valence-electron chi connectivity index (χ1n) is 9.72. The third-order valence-electron chi connectivity index (χ3n) is 4.35. The molecule has 2 N–H and O–H groups in total. The van der Waals surface area contributed by atoms with Crippen molar-refractivity contribution < 1.29 is 9.53 Å². The summed E-state index contributed by atoms with van der Waals surface area (Å²) in [5.74, 6) is 1.76. The number of aryl methyl sites for hydroxylation is 1. The molecule has 0 atom stereocenters. The van der Waals surface area contributed by atoms with Crippen molar-refractivity contribution in [2.24, 2.45) is 0 Å². The number of hydrogen-bond donors (Lipinski definition) is 2. The third-order valence-corrected chi connectivity index (χ3v) is 4.35. The fourth-order valence-electron chi connectivity index (χ4n) is 3.04. The Labute approximate surface area is 171 Å². The number of benzene rings is 2. The molecule has 0 spiro atoms. The van der Waals surface area contributed by atoms with E-state index >= 15 is 0 Å². The van der Waals surface area contributed by atoms with Gasteiger partial charge in [0.1, 0.15) is 23.1 Å². The topological polar surface area (TPSA) is 76.1 Å². The zero-order valence-electron chi connectivity index (χ0n) is 17.2. The molecule has 150 valence electrons. The van der Waals surface area contributed by atoms with Crippen LogP contribution in [0, 0.1) is 6.92 Å². The summed E-state index contributed by atoms with van der Waals surface area (Å²) in [6.45, 7) is 8.47. The maximum atomic E-state index is 12.8. The van der Waals surface area contributed by atoms with E-state index in [2.05, 4.69) is 40.5 Å². The minimum absolute atomic E-state index is 0.285. The molecule has 0 bridgehead atoms. The molecular formula is C23H26N4O2. The Bertz CT molecular complexity index is 1000. The summed E-state index contributed by atoms with van der Waals surface area (Å²) in [6, 6.07) is 17.1. The van der Waals surface area contributed by atoms with Crippen LogP contribution in [-0.2, 0) is 0 Å². The predicted octanol–water partition coefficient (Wildman–Crippen LogP) is 5.30. The molecule has 0 aliphatic rings. The lowest BCUT2D eigenvalue weighted by molar-refractivity contribution is 0.102. The first-order chi connectivity index (χ1) is 14.0. The molecule has 0 aliphatic heterocycles. The molecule has 0 radical (unpaired) electrons. The molecule has 1 aromatic heterocycles. The first kappa shape index (κ1) is 20.3. The number of para-hydroxylation sites is 3. The maximum Gasteiger partial charge on any atom is 0.274 e. The molecule has 3 rings (SSSR count). The highest BCUT2D eigenvalue weighted by Gasteiger charge is 2.14. The van der Waals surface area contributed by atoms with E-state index in [-0.39, 0.29) is 11.6 Å². The lowest BCUT2D eigenvalue weighted by Gasteiger charge is -2.15. The Morgan fingerprint density at radius 2 is 1.72 bits per heavy atom. The number of amides is 1. The number of nitrogens with one attached hydrogen (secondary N) is 2. The van der Waals surface area contributed by atoms with Crippen molar-refractivity contribution in [3.63, 3.8) is 0 Å². The zero-order chi connectivity index (χ0) is 20.8. The first-order valence-corrected chi connectivity index (χ1v) is 9.72. The van der Waals surface area contributed by atoms with Gasteiger partial charge in [-0.3, -0.25) is 4.79 Å². The highest BCUT2D eigenvalue weighted by Crippen LogP contribution is 2.27. The third kappa shape index (κ3) is 5.10. The summed E-state index contributed by atoms with van der Waals surface area (Å²) < 4.78 is 5.58. The van der Waals surface area contributed by atoms with Gasteiger partial charge in [-0.15, -0.1) is 0 Å². The van der Waals surface area contributed by atoms with E-state index in [1.807, 2.05) is 43.3 Å². The number of carbonyl (C=O) groups is 1. The smallest absolute Gasteiger partial charge is 0.274 e. The van der Waals surface area contributed by atoms with Crippen molar-refractivity contribution in [1.29, 1.82) is 0 Å². The molecule has 3 aromatic rings. The van der Waals surface area contributed by atoms with Crippen molar-refractivity contribution in [2.75, 3.05) is 17.2 Å². The summed E-state index contributed by atoms with van der Waals surface area (Å²) in [7, 11) is 0. The standard InChI is InChI=1S/C23H26N4O2/c1-5-29-21-13-9-8-12-19(21)27-23(28)20-14-22(25-16(4)24-20)26-18-11-7-6-10-17(18)15(2)3/h6-15H,5H2,1-4H3,(H,27,28)(H,24,25,26). The highest BCUT2D eigenvalue weighted by atomic mass is 16.5. The Balaban J connectivity index is 1.85. The van der Waals surface area contributed by atoms with Crippen LogP contribution >= 0.6 is 0 Å². The summed E-state index contributed by atoms with van der Waals surface area (Å²) in [6.07, 6.45) is 0. The summed E-state index contributed by atoms with van der Waals surface area (Å²) >= 11 is 0. The van der Waals surface area contributed by atoms with Gasteiger partial charge in [0.2, 0.25) is 0 Å². The molecule has 29 heavy (non-hydrogen) atoms. The second-order valence-electron chi connectivity index (χ2n) is 6.94. The van der Waals surface area contributed by atoms with Gasteiger partial charge in [-0.1, -0.05) is 44.2 Å². The van der Waals surface area contributed by atoms with Gasteiger partial charge < -0.3 is 15.4 Å². The largest absolute Gasteiger partial charge is 0.492 e. The van der Waals surface area contributed by atoms with Gasteiger partial charge in [0.15, 0.2) is 0 Å². The van der Waals surface area contributed by atoms with Gasteiger partial charge >= 0.3 is 0 Å². The van der Waals surface area contributed by atoms with Crippen LogP contribution in [0.1, 0.15) is 48.6 Å². The molecule has 0 saturated heterocycles. The molecule has 1 amide bonds. The number of anilines is 3. The number of ether oxygens (including phenoxy) is 1. The molecular weight excluding hydrogens is 364 g/mol. The van der Waals surface area contributed by atoms with Crippen LogP contribution in [0.2, 0.25) is 0 Å². The van der Waals surface area contributed by atoms with Crippen molar-refractivity contribution in [3.8, 4) is 5.75 Å². The number of rotatable bonds is 7. The van der Waals surface area contributed by atoms with Gasteiger partial charge in [0.05, 0.1) is 12.3 Å². The summed E-state index contributed by atoms with van der Waals surface area (Å²) in [5.41, 5.74) is 3.04. The average molecular weight is 390 g/mol. The molecule has 0 unspecified atom stereocenters. The van der Waals surface area contributed by atoms with E-state index in [9.17, 15) is 4.79 Å². The normalized spacial score (nSPS) is 10.7. The second kappa shape index (κ2) is 9.19. The van der Waals surface area contributed by atoms with Crippen LogP contribution in [0.25, 0.3) is 0 Å². The van der Waals surface area contributed by atoms with Crippen molar-refractivity contribution in [2.45, 2.75) is 33.6 Å². The Hall–Kier alpha value is -3.41. The number of hydrogen-bond acceptors (Lipinski definition) is 5. The van der Waals surface area contributed by atoms with E-state index < -0.39 is 0 Å². The van der Waals surface area contributed by atoms with Crippen LogP contribution in [0.5, 0.6) is 5.75 Å². The maximum absolute atomic E-state index is 12.8. The van der Waals surface area contributed by atoms with Gasteiger partial charge in [0.25, 0.3) is 5.91 Å². The van der Waals surface area contributed by atoms with Gasteiger partial charge in [0, 0.05) is 11.8 Å². The quantitative estimate of drug-likeness (QED) is 0.572. The molecule has 6 nitrogen and oxygen atoms in total. The van der Waals surface area contributed by atoms with E-state index in [4.69, 9.17) is 4.74 Å². The fraction of sp³-hybridized carbons (Fsp3) is 0.261. The SMILES string of the molecule is CCOc1ccccc1NC(=O)c1cc(Nc2ccccc2C(C)C)nc(C)n1. The minimum atomic E-state index is -0.317. The minimum Gasteiger partial charge on any atom is -0.492 e. The number of aromatic nitrogens is 2. The van der Waals surface area contributed by atoms with E-state index in [0.717, 1.165) is 5.69 Å². The zero-order valence-corrected chi connectivity index (χ0v) is 17.2. The van der Waals surface area contributed by atoms with Gasteiger partial charge in [-0.2, -0.15) is 0 Å². The molecule has 1 heterocycles. The van der Waals surface area contributed by atoms with Gasteiger partial charge in [-0.05, 0) is 43.5 Å². The molecule has 6 heteroatoms. The second-order valence-corrected chi connectivity index (χ2v) is 6.94. The van der Waals surface area contributed by atoms with Crippen LogP contribution in [0.3, 0.4) is 0 Å². The summed E-state index contributed by atoms with van der Waals surface area (Å²) in [4.78, 5) is 21.6. The van der Waals surface area contributed by atoms with E-state index in [1.54, 1.807) is 19.1 Å². The number of carbonyl (C=O) groups excluding carboxylic acids is 1. The lowest BCUT2D eigenvalue weighted by atomic mass is 10.0. The molecule has 0 fully saturated rings. The van der Waals surface area contributed by atoms with E-state index in [0.29, 0.717) is 35.6 Å². The molecule has 0 aliphatic carbocycles. The summed E-state index contributed by atoms with van der Waals surface area (Å²) in [5, 5.41) is 6.21. The van der Waals surface area contributed by atoms with Crippen LogP contribution < -0.4 is 15.4 Å². The van der Waals surface area contributed by atoms with Crippen molar-refractivity contribution in [3.05, 3.63) is 71.7 Å². The Morgan fingerprint density at radius 1 is 1.03 bits per heavy atom. The monoisotopic (exact) mass is 390 g/mol. The fourth-order valence-corrected chi connectivity index (χ4v) is 3.04. The Kier molecular flexibility index (Phi) is 6.44. The lowest BCUT2D eigenvalue weighted by Crippen LogP contribution is -2.16.